The van der Waals surface area contributed by atoms with Crippen LogP contribution in [0.3, 0.4) is 0 Å². The van der Waals surface area contributed by atoms with Gasteiger partial charge in [0.15, 0.2) is 17.0 Å². The number of benzene rings is 2. The molecule has 10 heteroatoms. The lowest BCUT2D eigenvalue weighted by molar-refractivity contribution is -0.140. The molecule has 3 heterocycles. The summed E-state index contributed by atoms with van der Waals surface area (Å²) in [5, 5.41) is 9.84. The van der Waals surface area contributed by atoms with Crippen molar-refractivity contribution in [1.82, 2.24) is 19.5 Å². The van der Waals surface area contributed by atoms with Gasteiger partial charge in [-0.3, -0.25) is 0 Å². The molecule has 0 amide bonds. The van der Waals surface area contributed by atoms with Gasteiger partial charge < -0.3 is 20.5 Å². The number of halogens is 3. The fourth-order valence-electron chi connectivity index (χ4n) is 4.22. The molecule has 0 radical (unpaired) electrons. The molecule has 2 aliphatic rings. The molecule has 0 saturated heterocycles. The third kappa shape index (κ3) is 4.51. The number of imidazole rings is 1. The van der Waals surface area contributed by atoms with Crippen LogP contribution in [0.4, 0.5) is 36.3 Å². The van der Waals surface area contributed by atoms with Crippen molar-refractivity contribution in [1.29, 1.82) is 0 Å². The molecule has 4 aromatic rings. The number of nitrogens with one attached hydrogen (secondary N) is 3. The van der Waals surface area contributed by atoms with Crippen LogP contribution in [0.2, 0.25) is 0 Å². The van der Waals surface area contributed by atoms with E-state index in [1.807, 2.05) is 36.4 Å². The molecule has 6 rings (SSSR count). The van der Waals surface area contributed by atoms with Crippen LogP contribution < -0.4 is 16.0 Å². The molecule has 7 nitrogen and oxygen atoms in total. The van der Waals surface area contributed by atoms with Crippen LogP contribution >= 0.6 is 0 Å². The molecule has 0 unspecified atom stereocenters. The Hall–Kier alpha value is -4.08. The number of rotatable bonds is 6. The van der Waals surface area contributed by atoms with E-state index in [2.05, 4.69) is 49.1 Å². The van der Waals surface area contributed by atoms with E-state index in [0.717, 1.165) is 58.4 Å². The molecule has 2 aromatic heterocycles. The van der Waals surface area contributed by atoms with Gasteiger partial charge in [0.2, 0.25) is 5.95 Å². The second-order valence-electron chi connectivity index (χ2n) is 8.72. The summed E-state index contributed by atoms with van der Waals surface area (Å²) < 4.78 is 40.4. The molecular weight excluding hydrogens is 455 g/mol. The van der Waals surface area contributed by atoms with Gasteiger partial charge in [-0.15, -0.1) is 0 Å². The van der Waals surface area contributed by atoms with Crippen LogP contribution in [-0.2, 0) is 6.54 Å². The van der Waals surface area contributed by atoms with Gasteiger partial charge in [0.25, 0.3) is 0 Å². The first kappa shape index (κ1) is 21.5. The van der Waals surface area contributed by atoms with E-state index in [-0.39, 0.29) is 17.6 Å². The van der Waals surface area contributed by atoms with Gasteiger partial charge in [-0.2, -0.15) is 23.1 Å². The van der Waals surface area contributed by atoms with Crippen molar-refractivity contribution >= 4 is 39.9 Å². The summed E-state index contributed by atoms with van der Waals surface area (Å²) in [4.78, 5) is 13.1. The lowest BCUT2D eigenvalue weighted by Crippen LogP contribution is -2.17. The SMILES string of the molecule is FC(F)(F)Cn1cnc2c(NC3CC3)nc(Nc3ccc4c(c3)C(c3ccccc3)=CCN4)nc21. The molecule has 2 aromatic carbocycles. The number of nitrogens with zero attached hydrogens (tertiary/aromatic N) is 4. The minimum Gasteiger partial charge on any atom is -0.381 e. The highest BCUT2D eigenvalue weighted by Gasteiger charge is 2.30. The second-order valence-corrected chi connectivity index (χ2v) is 8.72. The minimum absolute atomic E-state index is 0.132. The van der Waals surface area contributed by atoms with E-state index >= 15 is 0 Å². The van der Waals surface area contributed by atoms with E-state index in [1.54, 1.807) is 0 Å². The Morgan fingerprint density at radius 3 is 2.66 bits per heavy atom. The summed E-state index contributed by atoms with van der Waals surface area (Å²) in [5.74, 6) is 0.643. The molecule has 178 valence electrons. The van der Waals surface area contributed by atoms with Gasteiger partial charge in [-0.25, -0.2) is 4.98 Å². The summed E-state index contributed by atoms with van der Waals surface area (Å²) >= 11 is 0. The number of aromatic nitrogens is 4. The van der Waals surface area contributed by atoms with Crippen LogP contribution in [0.5, 0.6) is 0 Å². The van der Waals surface area contributed by atoms with Gasteiger partial charge in [0, 0.05) is 29.5 Å². The van der Waals surface area contributed by atoms with Crippen molar-refractivity contribution in [3.8, 4) is 0 Å². The predicted molar refractivity (Wildman–Crippen MR) is 130 cm³/mol. The van der Waals surface area contributed by atoms with Crippen LogP contribution in [0, 0.1) is 0 Å². The summed E-state index contributed by atoms with van der Waals surface area (Å²) in [6.07, 6.45) is 0.892. The second kappa shape index (κ2) is 8.30. The summed E-state index contributed by atoms with van der Waals surface area (Å²) in [5.41, 5.74) is 5.44. The molecular formula is C25H22F3N7. The van der Waals surface area contributed by atoms with Crippen molar-refractivity contribution in [2.24, 2.45) is 0 Å². The third-order valence-corrected chi connectivity index (χ3v) is 5.98. The highest BCUT2D eigenvalue weighted by Crippen LogP contribution is 2.35. The van der Waals surface area contributed by atoms with Gasteiger partial charge in [0.05, 0.1) is 6.33 Å². The minimum atomic E-state index is -4.39. The van der Waals surface area contributed by atoms with Gasteiger partial charge in [-0.05, 0) is 42.2 Å². The maximum atomic E-state index is 13.1. The first-order valence-corrected chi connectivity index (χ1v) is 11.4. The zero-order chi connectivity index (χ0) is 24.0. The molecule has 0 atom stereocenters. The molecule has 1 aliphatic carbocycles. The Morgan fingerprint density at radius 1 is 1.06 bits per heavy atom. The van der Waals surface area contributed by atoms with E-state index in [9.17, 15) is 13.2 Å². The summed E-state index contributed by atoms with van der Waals surface area (Å²) in [6, 6.07) is 16.2. The summed E-state index contributed by atoms with van der Waals surface area (Å²) in [6.45, 7) is -0.443. The largest absolute Gasteiger partial charge is 0.406 e. The zero-order valence-corrected chi connectivity index (χ0v) is 18.6. The Morgan fingerprint density at radius 2 is 1.89 bits per heavy atom. The fraction of sp³-hybridized carbons (Fsp3) is 0.240. The first-order chi connectivity index (χ1) is 16.9. The van der Waals surface area contributed by atoms with Gasteiger partial charge >= 0.3 is 6.18 Å². The number of hydrogen-bond acceptors (Lipinski definition) is 6. The van der Waals surface area contributed by atoms with Gasteiger partial charge in [0.1, 0.15) is 6.54 Å². The average Bonchev–Trinajstić information content (AvgIpc) is 3.57. The topological polar surface area (TPSA) is 79.7 Å². The molecule has 0 bridgehead atoms. The van der Waals surface area contributed by atoms with Crippen LogP contribution in [0.1, 0.15) is 24.0 Å². The maximum Gasteiger partial charge on any atom is 0.406 e. The first-order valence-electron chi connectivity index (χ1n) is 11.4. The molecule has 1 aliphatic heterocycles. The van der Waals surface area contributed by atoms with E-state index in [1.165, 1.54) is 0 Å². The Labute approximate surface area is 199 Å². The van der Waals surface area contributed by atoms with Crippen LogP contribution in [0.25, 0.3) is 16.7 Å². The van der Waals surface area contributed by atoms with E-state index < -0.39 is 12.7 Å². The van der Waals surface area contributed by atoms with Crippen molar-refractivity contribution in [3.63, 3.8) is 0 Å². The maximum absolute atomic E-state index is 13.1. The Kier molecular flexibility index (Phi) is 5.09. The number of hydrogen-bond donors (Lipinski definition) is 3. The normalized spacial score (nSPS) is 15.3. The van der Waals surface area contributed by atoms with Crippen molar-refractivity contribution in [3.05, 3.63) is 72.1 Å². The number of alkyl halides is 3. The summed E-state index contributed by atoms with van der Waals surface area (Å²) in [7, 11) is 0. The smallest absolute Gasteiger partial charge is 0.381 e. The van der Waals surface area contributed by atoms with Crippen molar-refractivity contribution < 1.29 is 13.2 Å². The van der Waals surface area contributed by atoms with Gasteiger partial charge in [-0.1, -0.05) is 36.4 Å². The fourth-order valence-corrected chi connectivity index (χ4v) is 4.22. The zero-order valence-electron chi connectivity index (χ0n) is 18.6. The lowest BCUT2D eigenvalue weighted by atomic mass is 9.93. The molecule has 1 saturated carbocycles. The Bertz CT molecular complexity index is 1420. The molecule has 3 N–H and O–H groups in total. The molecule has 35 heavy (non-hydrogen) atoms. The number of fused-ring (bicyclic) bond motifs is 2. The predicted octanol–water partition coefficient (Wildman–Crippen LogP) is 5.56. The monoisotopic (exact) mass is 477 g/mol. The number of anilines is 4. The van der Waals surface area contributed by atoms with Crippen molar-refractivity contribution in [2.45, 2.75) is 31.6 Å². The van der Waals surface area contributed by atoms with Crippen LogP contribution in [-0.4, -0.2) is 38.3 Å². The lowest BCUT2D eigenvalue weighted by Gasteiger charge is -2.21. The Balaban J connectivity index is 1.37. The average molecular weight is 477 g/mol. The molecule has 1 fully saturated rings. The van der Waals surface area contributed by atoms with Crippen LogP contribution in [0.15, 0.2) is 60.9 Å². The van der Waals surface area contributed by atoms with E-state index in [0.29, 0.717) is 11.3 Å². The highest BCUT2D eigenvalue weighted by molar-refractivity contribution is 5.90. The van der Waals surface area contributed by atoms with E-state index in [4.69, 9.17) is 0 Å². The van der Waals surface area contributed by atoms with Crippen molar-refractivity contribution in [2.75, 3.05) is 22.5 Å². The standard InChI is InChI=1S/C25H22F3N7/c26-25(27,28)13-35-14-30-21-22(31-16-6-7-16)33-24(34-23(21)35)32-17-8-9-20-19(12-17)18(10-11-29-20)15-4-2-1-3-5-15/h1-5,8-10,12,14,16,29H,6-7,11,13H2,(H2,31,32,33,34). The highest BCUT2D eigenvalue weighted by atomic mass is 19.4. The molecule has 0 spiro atoms. The quantitative estimate of drug-likeness (QED) is 0.337. The third-order valence-electron chi connectivity index (χ3n) is 5.98.